The molecule has 0 spiro atoms. The van der Waals surface area contributed by atoms with Gasteiger partial charge in [-0.1, -0.05) is 107 Å². The van der Waals surface area contributed by atoms with Gasteiger partial charge in [-0.2, -0.15) is 0 Å². The molecule has 0 saturated carbocycles. The first-order valence-electron chi connectivity index (χ1n) is 15.7. The second-order valence-electron chi connectivity index (χ2n) is 12.8. The van der Waals surface area contributed by atoms with Gasteiger partial charge in [0.05, 0.1) is 0 Å². The predicted molar refractivity (Wildman–Crippen MR) is 183 cm³/mol. The van der Waals surface area contributed by atoms with E-state index >= 15 is 0 Å². The van der Waals surface area contributed by atoms with Gasteiger partial charge in [0.15, 0.2) is 0 Å². The topological polar surface area (TPSA) is 3.24 Å². The van der Waals surface area contributed by atoms with Crippen LogP contribution in [0.3, 0.4) is 0 Å². The highest BCUT2D eigenvalue weighted by Crippen LogP contribution is 2.55. The molecule has 0 amide bonds. The molecule has 1 heteroatoms. The molecule has 43 heavy (non-hydrogen) atoms. The Morgan fingerprint density at radius 2 is 1.05 bits per heavy atom. The van der Waals surface area contributed by atoms with Gasteiger partial charge in [0.25, 0.3) is 0 Å². The minimum Gasteiger partial charge on any atom is -0.310 e. The molecule has 0 N–H and O–H groups in total. The maximum atomic E-state index is 2.48. The van der Waals surface area contributed by atoms with Crippen molar-refractivity contribution in [2.24, 2.45) is 0 Å². The lowest BCUT2D eigenvalue weighted by Gasteiger charge is -2.32. The van der Waals surface area contributed by atoms with Gasteiger partial charge in [-0.15, -0.1) is 0 Å². The summed E-state index contributed by atoms with van der Waals surface area (Å²) in [6.45, 7) is 9.43. The van der Waals surface area contributed by atoms with Gasteiger partial charge >= 0.3 is 0 Å². The summed E-state index contributed by atoms with van der Waals surface area (Å²) in [5.74, 6) is 0. The van der Waals surface area contributed by atoms with Crippen molar-refractivity contribution in [2.75, 3.05) is 4.90 Å². The van der Waals surface area contributed by atoms with Gasteiger partial charge in [0, 0.05) is 27.9 Å². The van der Waals surface area contributed by atoms with E-state index in [1.54, 1.807) is 0 Å². The number of para-hydroxylation sites is 1. The number of benzene rings is 6. The molecule has 0 heterocycles. The van der Waals surface area contributed by atoms with Crippen LogP contribution in [0, 0.1) is 0 Å². The summed E-state index contributed by atoms with van der Waals surface area (Å²) in [5, 5.41) is 2.60. The number of nitrogens with zero attached hydrogens (tertiary/aromatic N) is 1. The maximum Gasteiger partial charge on any atom is 0.0468 e. The van der Waals surface area contributed by atoms with E-state index in [0.717, 1.165) is 12.8 Å². The molecule has 0 radical (unpaired) electrons. The summed E-state index contributed by atoms with van der Waals surface area (Å²) in [4.78, 5) is 2.45. The molecule has 0 bridgehead atoms. The molecule has 0 aromatic heterocycles. The predicted octanol–water partition coefficient (Wildman–Crippen LogP) is 11.7. The molecule has 0 atom stereocenters. The van der Waals surface area contributed by atoms with Gasteiger partial charge in [0.1, 0.15) is 0 Å². The van der Waals surface area contributed by atoms with Crippen molar-refractivity contribution in [3.63, 3.8) is 0 Å². The van der Waals surface area contributed by atoms with Crippen LogP contribution in [0.5, 0.6) is 0 Å². The molecule has 0 fully saturated rings. The smallest absolute Gasteiger partial charge is 0.0468 e. The Balaban J connectivity index is 1.33. The fraction of sp³-hybridized carbons (Fsp3) is 0.190. The maximum absolute atomic E-state index is 2.48. The molecule has 2 aliphatic carbocycles. The van der Waals surface area contributed by atoms with Crippen molar-refractivity contribution in [3.8, 4) is 22.3 Å². The normalized spacial score (nSPS) is 15.1. The molecule has 0 saturated heterocycles. The second kappa shape index (κ2) is 9.44. The zero-order valence-corrected chi connectivity index (χ0v) is 25.5. The van der Waals surface area contributed by atoms with Crippen molar-refractivity contribution in [2.45, 2.75) is 51.4 Å². The highest BCUT2D eigenvalue weighted by Gasteiger charge is 2.41. The molecule has 2 aliphatic rings. The molecule has 8 rings (SSSR count). The number of rotatable bonds is 5. The van der Waals surface area contributed by atoms with Gasteiger partial charge in [-0.3, -0.25) is 0 Å². The molecule has 0 aliphatic heterocycles. The highest BCUT2D eigenvalue weighted by atomic mass is 15.1. The number of anilines is 3. The van der Waals surface area contributed by atoms with Crippen LogP contribution < -0.4 is 4.90 Å². The summed E-state index contributed by atoms with van der Waals surface area (Å²) >= 11 is 0. The van der Waals surface area contributed by atoms with E-state index in [-0.39, 0.29) is 10.8 Å². The average Bonchev–Trinajstić information content (AvgIpc) is 3.45. The Morgan fingerprint density at radius 3 is 1.81 bits per heavy atom. The SMILES string of the molecule is CCC1(CC)c2ccccc2-c2ccc(N(c3ccccc3)c3ccc4c(c3)-c3cc5ccccc5cc3C4(C)C)cc21. The van der Waals surface area contributed by atoms with Gasteiger partial charge in [-0.05, 0) is 117 Å². The quantitative estimate of drug-likeness (QED) is 0.204. The van der Waals surface area contributed by atoms with Crippen LogP contribution in [-0.2, 0) is 10.8 Å². The van der Waals surface area contributed by atoms with E-state index in [0.29, 0.717) is 0 Å². The Hall–Kier alpha value is -4.62. The summed E-state index contributed by atoms with van der Waals surface area (Å²) in [5.41, 5.74) is 14.8. The summed E-state index contributed by atoms with van der Waals surface area (Å²) in [7, 11) is 0. The molecule has 6 aromatic carbocycles. The van der Waals surface area contributed by atoms with Crippen LogP contribution in [0.25, 0.3) is 33.0 Å². The first-order chi connectivity index (χ1) is 21.0. The number of fused-ring (bicyclic) bond motifs is 7. The highest BCUT2D eigenvalue weighted by molar-refractivity contribution is 5.95. The lowest BCUT2D eigenvalue weighted by molar-refractivity contribution is 0.490. The summed E-state index contributed by atoms with van der Waals surface area (Å²) in [6.07, 6.45) is 2.17. The summed E-state index contributed by atoms with van der Waals surface area (Å²) < 4.78 is 0. The number of hydrogen-bond donors (Lipinski definition) is 0. The molecular formula is C42H37N. The van der Waals surface area contributed by atoms with E-state index in [4.69, 9.17) is 0 Å². The van der Waals surface area contributed by atoms with Crippen LogP contribution in [-0.4, -0.2) is 0 Å². The Morgan fingerprint density at radius 1 is 0.442 bits per heavy atom. The van der Waals surface area contributed by atoms with E-state index in [9.17, 15) is 0 Å². The van der Waals surface area contributed by atoms with Crippen molar-refractivity contribution >= 4 is 27.8 Å². The Bertz CT molecular complexity index is 2030. The van der Waals surface area contributed by atoms with Crippen LogP contribution in [0.1, 0.15) is 62.8 Å². The zero-order valence-electron chi connectivity index (χ0n) is 25.5. The molecular weight excluding hydrogens is 518 g/mol. The molecule has 210 valence electrons. The lowest BCUT2D eigenvalue weighted by atomic mass is 9.74. The second-order valence-corrected chi connectivity index (χ2v) is 12.8. The first kappa shape index (κ1) is 26.0. The third kappa shape index (κ3) is 3.64. The van der Waals surface area contributed by atoms with E-state index in [1.165, 1.54) is 72.3 Å². The largest absolute Gasteiger partial charge is 0.310 e. The van der Waals surface area contributed by atoms with Crippen LogP contribution in [0.15, 0.2) is 127 Å². The average molecular weight is 556 g/mol. The van der Waals surface area contributed by atoms with Gasteiger partial charge < -0.3 is 4.90 Å². The summed E-state index contributed by atoms with van der Waals surface area (Å²) in [6, 6.07) is 47.7. The standard InChI is InChI=1S/C42H37N/c1-5-42(6-2)38-19-13-12-18-33(38)34-22-20-32(27-40(34)42)43(30-16-8-7-9-17-30)31-21-23-37-36(26-31)35-24-28-14-10-11-15-29(28)25-39(35)41(37,3)4/h7-27H,5-6H2,1-4H3. The Kier molecular flexibility index (Phi) is 5.72. The number of hydrogen-bond acceptors (Lipinski definition) is 1. The third-order valence-electron chi connectivity index (χ3n) is 10.5. The van der Waals surface area contributed by atoms with E-state index in [1.807, 2.05) is 0 Å². The fourth-order valence-electron chi connectivity index (χ4n) is 8.18. The van der Waals surface area contributed by atoms with E-state index < -0.39 is 0 Å². The Labute approximate surface area is 255 Å². The van der Waals surface area contributed by atoms with Crippen LogP contribution in [0.4, 0.5) is 17.1 Å². The van der Waals surface area contributed by atoms with Crippen molar-refractivity contribution in [1.29, 1.82) is 0 Å². The fourth-order valence-corrected chi connectivity index (χ4v) is 8.18. The van der Waals surface area contributed by atoms with Crippen molar-refractivity contribution in [3.05, 3.63) is 150 Å². The minimum absolute atomic E-state index is 0.0340. The third-order valence-corrected chi connectivity index (χ3v) is 10.5. The lowest BCUT2D eigenvalue weighted by Crippen LogP contribution is -2.23. The van der Waals surface area contributed by atoms with Gasteiger partial charge in [0.2, 0.25) is 0 Å². The molecule has 6 aromatic rings. The molecule has 1 nitrogen and oxygen atoms in total. The first-order valence-corrected chi connectivity index (χ1v) is 15.7. The van der Waals surface area contributed by atoms with E-state index in [2.05, 4.69) is 160 Å². The minimum atomic E-state index is -0.0496. The van der Waals surface area contributed by atoms with Gasteiger partial charge in [-0.25, -0.2) is 0 Å². The molecule has 0 unspecified atom stereocenters. The monoisotopic (exact) mass is 555 g/mol. The van der Waals surface area contributed by atoms with Crippen LogP contribution in [0.2, 0.25) is 0 Å². The van der Waals surface area contributed by atoms with Crippen molar-refractivity contribution in [1.82, 2.24) is 0 Å². The zero-order chi connectivity index (χ0) is 29.3. The van der Waals surface area contributed by atoms with Crippen molar-refractivity contribution < 1.29 is 0 Å². The van der Waals surface area contributed by atoms with Crippen LogP contribution >= 0.6 is 0 Å².